The number of anilines is 2. The van der Waals surface area contributed by atoms with Crippen molar-refractivity contribution in [1.82, 2.24) is 10.6 Å². The fourth-order valence-corrected chi connectivity index (χ4v) is 2.30. The Morgan fingerprint density at radius 3 is 2.64 bits per heavy atom. The molecule has 2 rings (SSSR count). The topological polar surface area (TPSA) is 73.5 Å². The molecule has 1 aromatic carbocycles. The number of urea groups is 1. The predicted molar refractivity (Wildman–Crippen MR) is 97.4 cm³/mol. The van der Waals surface area contributed by atoms with Crippen LogP contribution in [0.2, 0.25) is 0 Å². The van der Waals surface area contributed by atoms with Crippen molar-refractivity contribution >= 4 is 23.3 Å². The minimum absolute atomic E-state index is 0.0247. The molecule has 1 aliphatic carbocycles. The van der Waals surface area contributed by atoms with E-state index in [0.717, 1.165) is 12.8 Å². The van der Waals surface area contributed by atoms with Crippen LogP contribution < -0.4 is 20.9 Å². The van der Waals surface area contributed by atoms with E-state index in [-0.39, 0.29) is 17.8 Å². The fraction of sp³-hybridized carbons (Fsp3) is 0.556. The maximum absolute atomic E-state index is 14.2. The van der Waals surface area contributed by atoms with Crippen LogP contribution >= 0.6 is 0 Å². The van der Waals surface area contributed by atoms with Crippen LogP contribution in [0.3, 0.4) is 0 Å². The minimum atomic E-state index is -0.410. The van der Waals surface area contributed by atoms with Crippen LogP contribution in [0, 0.1) is 5.82 Å². The Hall–Kier alpha value is -2.31. The molecule has 0 aliphatic heterocycles. The zero-order valence-corrected chi connectivity index (χ0v) is 15.1. The molecule has 0 spiro atoms. The molecule has 0 aromatic heterocycles. The maximum Gasteiger partial charge on any atom is 0.319 e. The lowest BCUT2D eigenvalue weighted by atomic mass is 10.2. The van der Waals surface area contributed by atoms with Crippen LogP contribution in [0.25, 0.3) is 0 Å². The normalized spacial score (nSPS) is 13.5. The molecule has 7 heteroatoms. The van der Waals surface area contributed by atoms with Crippen molar-refractivity contribution in [2.45, 2.75) is 51.6 Å². The first-order chi connectivity index (χ1) is 11.9. The Kier molecular flexibility index (Phi) is 6.61. The number of carbonyl (C=O) groups excluding carboxylic acids is 2. The SMILES string of the molecule is CC(C)N(C)c1ccc(NC(=O)NCCCC(=O)NC2CC2)cc1F. The molecule has 0 atom stereocenters. The average Bonchev–Trinajstić information content (AvgIpc) is 3.35. The Morgan fingerprint density at radius 1 is 1.32 bits per heavy atom. The van der Waals surface area contributed by atoms with Gasteiger partial charge in [-0.1, -0.05) is 0 Å². The maximum atomic E-state index is 14.2. The highest BCUT2D eigenvalue weighted by atomic mass is 19.1. The van der Waals surface area contributed by atoms with Gasteiger partial charge in [0.15, 0.2) is 0 Å². The largest absolute Gasteiger partial charge is 0.370 e. The van der Waals surface area contributed by atoms with Crippen molar-refractivity contribution in [3.8, 4) is 0 Å². The predicted octanol–water partition coefficient (Wildman–Crippen LogP) is 2.85. The summed E-state index contributed by atoms with van der Waals surface area (Å²) in [6.07, 6.45) is 3.09. The molecule has 0 radical (unpaired) electrons. The third kappa shape index (κ3) is 6.25. The minimum Gasteiger partial charge on any atom is -0.370 e. The van der Waals surface area contributed by atoms with Gasteiger partial charge in [0.1, 0.15) is 5.82 Å². The van der Waals surface area contributed by atoms with E-state index in [1.165, 1.54) is 6.07 Å². The standard InChI is InChI=1S/C18H27FN4O2/c1-12(2)23(3)16-9-8-14(11-15(16)19)22-18(25)20-10-4-5-17(24)21-13-6-7-13/h8-9,11-13H,4-7,10H2,1-3H3,(H,21,24)(H2,20,22,25). The molecular formula is C18H27FN4O2. The molecule has 138 valence electrons. The molecule has 0 heterocycles. The van der Waals surface area contributed by atoms with Gasteiger partial charge < -0.3 is 20.9 Å². The molecule has 6 nitrogen and oxygen atoms in total. The van der Waals surface area contributed by atoms with Crippen LogP contribution in [-0.2, 0) is 4.79 Å². The van der Waals surface area contributed by atoms with Crippen LogP contribution in [0.15, 0.2) is 18.2 Å². The van der Waals surface area contributed by atoms with Gasteiger partial charge in [0.05, 0.1) is 5.69 Å². The number of nitrogens with zero attached hydrogens (tertiary/aromatic N) is 1. The first-order valence-corrected chi connectivity index (χ1v) is 8.73. The summed E-state index contributed by atoms with van der Waals surface area (Å²) in [5.74, 6) is -0.359. The summed E-state index contributed by atoms with van der Waals surface area (Å²) < 4.78 is 14.2. The number of rotatable bonds is 8. The van der Waals surface area contributed by atoms with Gasteiger partial charge in [-0.2, -0.15) is 0 Å². The van der Waals surface area contributed by atoms with Crippen molar-refractivity contribution in [3.63, 3.8) is 0 Å². The van der Waals surface area contributed by atoms with Crippen LogP contribution in [-0.4, -0.2) is 37.6 Å². The summed E-state index contributed by atoms with van der Waals surface area (Å²) in [7, 11) is 1.82. The molecule has 3 amide bonds. The summed E-state index contributed by atoms with van der Waals surface area (Å²) in [6.45, 7) is 4.34. The molecule has 0 bridgehead atoms. The number of nitrogens with one attached hydrogen (secondary N) is 3. The van der Waals surface area contributed by atoms with Gasteiger partial charge in [-0.3, -0.25) is 4.79 Å². The van der Waals surface area contributed by atoms with Crippen molar-refractivity contribution < 1.29 is 14.0 Å². The average molecular weight is 350 g/mol. The quantitative estimate of drug-likeness (QED) is 0.631. The van der Waals surface area contributed by atoms with E-state index >= 15 is 0 Å². The Balaban J connectivity index is 1.72. The molecule has 1 saturated carbocycles. The third-order valence-electron chi connectivity index (χ3n) is 4.17. The molecule has 0 saturated heterocycles. The van der Waals surface area contributed by atoms with Crippen molar-refractivity contribution in [2.24, 2.45) is 0 Å². The van der Waals surface area contributed by atoms with E-state index in [1.807, 2.05) is 25.8 Å². The summed E-state index contributed by atoms with van der Waals surface area (Å²) >= 11 is 0. The lowest BCUT2D eigenvalue weighted by Crippen LogP contribution is -2.31. The number of hydrogen-bond acceptors (Lipinski definition) is 3. The number of carbonyl (C=O) groups is 2. The Bertz CT molecular complexity index is 617. The number of hydrogen-bond donors (Lipinski definition) is 3. The summed E-state index contributed by atoms with van der Waals surface area (Å²) in [5, 5.41) is 8.16. The molecule has 0 unspecified atom stereocenters. The summed E-state index contributed by atoms with van der Waals surface area (Å²) in [5.41, 5.74) is 0.880. The van der Waals surface area contributed by atoms with E-state index in [9.17, 15) is 14.0 Å². The van der Waals surface area contributed by atoms with E-state index in [1.54, 1.807) is 12.1 Å². The molecule has 1 fully saturated rings. The van der Waals surface area contributed by atoms with E-state index in [0.29, 0.717) is 36.8 Å². The van der Waals surface area contributed by atoms with Gasteiger partial charge in [0.25, 0.3) is 0 Å². The van der Waals surface area contributed by atoms with Crippen molar-refractivity contribution in [3.05, 3.63) is 24.0 Å². The van der Waals surface area contributed by atoms with Gasteiger partial charge in [-0.05, 0) is 51.3 Å². The molecule has 1 aliphatic rings. The summed E-state index contributed by atoms with van der Waals surface area (Å²) in [6, 6.07) is 4.74. The zero-order chi connectivity index (χ0) is 18.4. The Labute approximate surface area is 148 Å². The fourth-order valence-electron chi connectivity index (χ4n) is 2.30. The second-order valence-corrected chi connectivity index (χ2v) is 6.70. The molecular weight excluding hydrogens is 323 g/mol. The van der Waals surface area contributed by atoms with Gasteiger partial charge in [0.2, 0.25) is 5.91 Å². The van der Waals surface area contributed by atoms with Gasteiger partial charge in [-0.15, -0.1) is 0 Å². The molecule has 25 heavy (non-hydrogen) atoms. The number of amides is 3. The van der Waals surface area contributed by atoms with Gasteiger partial charge in [0, 0.05) is 37.8 Å². The smallest absolute Gasteiger partial charge is 0.319 e. The summed E-state index contributed by atoms with van der Waals surface area (Å²) in [4.78, 5) is 25.2. The zero-order valence-electron chi connectivity index (χ0n) is 15.1. The second-order valence-electron chi connectivity index (χ2n) is 6.70. The Morgan fingerprint density at radius 2 is 2.04 bits per heavy atom. The van der Waals surface area contributed by atoms with Gasteiger partial charge in [-0.25, -0.2) is 9.18 Å². The molecule has 1 aromatic rings. The van der Waals surface area contributed by atoms with Crippen LogP contribution in [0.4, 0.5) is 20.6 Å². The monoisotopic (exact) mass is 350 g/mol. The highest BCUT2D eigenvalue weighted by Gasteiger charge is 2.22. The van der Waals surface area contributed by atoms with E-state index in [2.05, 4.69) is 16.0 Å². The lowest BCUT2D eigenvalue weighted by molar-refractivity contribution is -0.121. The van der Waals surface area contributed by atoms with Crippen LogP contribution in [0.5, 0.6) is 0 Å². The molecule has 3 N–H and O–H groups in total. The highest BCUT2D eigenvalue weighted by molar-refractivity contribution is 5.89. The van der Waals surface area contributed by atoms with Crippen molar-refractivity contribution in [2.75, 3.05) is 23.8 Å². The number of benzene rings is 1. The van der Waals surface area contributed by atoms with Gasteiger partial charge >= 0.3 is 6.03 Å². The first-order valence-electron chi connectivity index (χ1n) is 8.73. The second kappa shape index (κ2) is 8.69. The number of halogens is 1. The van der Waals surface area contributed by atoms with E-state index in [4.69, 9.17) is 0 Å². The van der Waals surface area contributed by atoms with Crippen LogP contribution in [0.1, 0.15) is 39.5 Å². The first kappa shape index (κ1) is 19.0. The third-order valence-corrected chi connectivity index (χ3v) is 4.17. The highest BCUT2D eigenvalue weighted by Crippen LogP contribution is 2.23. The van der Waals surface area contributed by atoms with E-state index < -0.39 is 6.03 Å². The lowest BCUT2D eigenvalue weighted by Gasteiger charge is -2.24. The van der Waals surface area contributed by atoms with Crippen molar-refractivity contribution in [1.29, 1.82) is 0 Å².